The molecule has 42 heavy (non-hydrogen) atoms. The minimum absolute atomic E-state index is 0.0235. The van der Waals surface area contributed by atoms with Gasteiger partial charge in [-0.15, -0.1) is 0 Å². The summed E-state index contributed by atoms with van der Waals surface area (Å²) in [7, 11) is -3.16. The molecular formula is C30H26F3N3O5S. The molecule has 0 radical (unpaired) electrons. The van der Waals surface area contributed by atoms with E-state index in [1.54, 1.807) is 30.9 Å². The van der Waals surface area contributed by atoms with Crippen molar-refractivity contribution in [2.24, 2.45) is 0 Å². The number of phenolic OH excluding ortho intramolecular Hbond substituents is 1. The standard InChI is InChI=1S/C30H26F3N3O5S/c1-40-24-12-8-22(9-13-24)36(17-30(31,32)33)42(38,39)26-16-25-27(19-4-10-23(37)11-5-19)28(29(26)41-25)20-2-6-21(7-3-20)35-15-14-34-18-35/h2-15,18,25-26,29,37H,16-17H2,1H3. The number of phenols is 1. The molecule has 4 aromatic rings. The van der Waals surface area contributed by atoms with Crippen LogP contribution in [0.4, 0.5) is 18.9 Å². The molecule has 1 N–H and O–H groups in total. The van der Waals surface area contributed by atoms with E-state index in [0.717, 1.165) is 16.8 Å². The smallest absolute Gasteiger partial charge is 0.407 e. The number of anilines is 1. The number of methoxy groups -OCH3 is 1. The molecule has 0 amide bonds. The average Bonchev–Trinajstić information content (AvgIpc) is 3.74. The maximum absolute atomic E-state index is 14.1. The summed E-state index contributed by atoms with van der Waals surface area (Å²) in [6, 6.07) is 19.3. The molecule has 3 unspecified atom stereocenters. The number of halogens is 3. The SMILES string of the molecule is COc1ccc(N(CC(F)(F)F)S(=O)(=O)C2CC3OC2C(c2ccc(-n4ccnc4)cc2)=C3c2ccc(O)cc2)cc1. The van der Waals surface area contributed by atoms with Gasteiger partial charge in [-0.05, 0) is 77.2 Å². The van der Waals surface area contributed by atoms with E-state index in [-0.39, 0.29) is 17.9 Å². The molecule has 0 spiro atoms. The van der Waals surface area contributed by atoms with Crippen molar-refractivity contribution in [2.45, 2.75) is 30.1 Å². The number of aromatic nitrogens is 2. The summed E-state index contributed by atoms with van der Waals surface area (Å²) in [5.74, 6) is 0.451. The molecule has 218 valence electrons. The molecule has 2 aliphatic rings. The van der Waals surface area contributed by atoms with Crippen LogP contribution < -0.4 is 9.04 Å². The van der Waals surface area contributed by atoms with Crippen LogP contribution in [-0.4, -0.2) is 60.4 Å². The Bertz CT molecular complexity index is 1700. The first kappa shape index (κ1) is 27.9. The van der Waals surface area contributed by atoms with Crippen LogP contribution in [0.15, 0.2) is 91.5 Å². The third-order valence-electron chi connectivity index (χ3n) is 7.52. The van der Waals surface area contributed by atoms with Crippen molar-refractivity contribution in [2.75, 3.05) is 18.0 Å². The van der Waals surface area contributed by atoms with Gasteiger partial charge in [-0.3, -0.25) is 4.31 Å². The zero-order valence-electron chi connectivity index (χ0n) is 22.3. The van der Waals surface area contributed by atoms with Gasteiger partial charge in [0.1, 0.15) is 29.4 Å². The number of ether oxygens (including phenoxy) is 2. The van der Waals surface area contributed by atoms with E-state index >= 15 is 0 Å². The number of aromatic hydroxyl groups is 1. The van der Waals surface area contributed by atoms with Gasteiger partial charge in [0.15, 0.2) is 0 Å². The molecule has 0 aliphatic carbocycles. The fourth-order valence-electron chi connectivity index (χ4n) is 5.63. The number of rotatable bonds is 8. The predicted molar refractivity (Wildman–Crippen MR) is 151 cm³/mol. The Morgan fingerprint density at radius 2 is 1.64 bits per heavy atom. The second-order valence-corrected chi connectivity index (χ2v) is 12.2. The lowest BCUT2D eigenvalue weighted by molar-refractivity contribution is -0.117. The number of alkyl halides is 3. The summed E-state index contributed by atoms with van der Waals surface area (Å²) in [5, 5.41) is 8.57. The molecule has 3 aromatic carbocycles. The van der Waals surface area contributed by atoms with E-state index in [1.165, 1.54) is 43.5 Å². The van der Waals surface area contributed by atoms with Crippen LogP contribution in [0.2, 0.25) is 0 Å². The lowest BCUT2D eigenvalue weighted by atomic mass is 9.83. The van der Waals surface area contributed by atoms with Gasteiger partial charge in [0.2, 0.25) is 10.0 Å². The van der Waals surface area contributed by atoms with E-state index < -0.39 is 40.2 Å². The van der Waals surface area contributed by atoms with Gasteiger partial charge in [0, 0.05) is 18.1 Å². The van der Waals surface area contributed by atoms with Crippen molar-refractivity contribution in [3.05, 3.63) is 103 Å². The Morgan fingerprint density at radius 1 is 1.00 bits per heavy atom. The summed E-state index contributed by atoms with van der Waals surface area (Å²) in [4.78, 5) is 4.06. The molecule has 1 fully saturated rings. The topological polar surface area (TPSA) is 93.9 Å². The van der Waals surface area contributed by atoms with E-state index in [9.17, 15) is 26.7 Å². The van der Waals surface area contributed by atoms with E-state index in [1.807, 2.05) is 28.8 Å². The Kier molecular flexibility index (Phi) is 6.98. The molecular weight excluding hydrogens is 571 g/mol. The van der Waals surface area contributed by atoms with Crippen LogP contribution >= 0.6 is 0 Å². The maximum Gasteiger partial charge on any atom is 0.407 e. The van der Waals surface area contributed by atoms with E-state index in [2.05, 4.69) is 4.98 Å². The van der Waals surface area contributed by atoms with Gasteiger partial charge >= 0.3 is 6.18 Å². The number of benzene rings is 3. The molecule has 3 heterocycles. The first-order valence-electron chi connectivity index (χ1n) is 13.1. The maximum atomic E-state index is 14.1. The van der Waals surface area contributed by atoms with Gasteiger partial charge in [0.05, 0.1) is 25.2 Å². The average molecular weight is 598 g/mol. The number of fused-ring (bicyclic) bond motifs is 2. The number of nitrogens with zero attached hydrogens (tertiary/aromatic N) is 3. The highest BCUT2D eigenvalue weighted by Gasteiger charge is 2.55. The van der Waals surface area contributed by atoms with Crippen LogP contribution in [0, 0.1) is 0 Å². The van der Waals surface area contributed by atoms with E-state index in [4.69, 9.17) is 9.47 Å². The molecule has 0 saturated carbocycles. The monoisotopic (exact) mass is 597 g/mol. The fraction of sp³-hybridized carbons (Fsp3) is 0.233. The Morgan fingerprint density at radius 3 is 2.24 bits per heavy atom. The van der Waals surface area contributed by atoms with Crippen LogP contribution in [0.1, 0.15) is 17.5 Å². The first-order chi connectivity index (χ1) is 20.0. The Balaban J connectivity index is 1.43. The van der Waals surface area contributed by atoms with Crippen molar-refractivity contribution in [3.8, 4) is 17.2 Å². The Hall–Kier alpha value is -4.29. The molecule has 3 atom stereocenters. The van der Waals surface area contributed by atoms with Crippen LogP contribution in [0.25, 0.3) is 16.8 Å². The first-order valence-corrected chi connectivity index (χ1v) is 14.6. The lowest BCUT2D eigenvalue weighted by Gasteiger charge is -2.32. The van der Waals surface area contributed by atoms with Crippen LogP contribution in [0.3, 0.4) is 0 Å². The minimum Gasteiger partial charge on any atom is -0.508 e. The largest absolute Gasteiger partial charge is 0.508 e. The third kappa shape index (κ3) is 5.12. The zero-order chi connectivity index (χ0) is 29.6. The van der Waals surface area contributed by atoms with Crippen LogP contribution in [0.5, 0.6) is 11.5 Å². The number of sulfonamides is 1. The van der Waals surface area contributed by atoms with Crippen molar-refractivity contribution in [1.29, 1.82) is 0 Å². The highest BCUT2D eigenvalue weighted by Crippen LogP contribution is 2.51. The second-order valence-electron chi connectivity index (χ2n) is 10.1. The summed E-state index contributed by atoms with van der Waals surface area (Å²) in [5.41, 5.74) is 3.45. The summed E-state index contributed by atoms with van der Waals surface area (Å²) >= 11 is 0. The number of hydrogen-bond donors (Lipinski definition) is 1. The van der Waals surface area contributed by atoms with Gasteiger partial charge < -0.3 is 19.1 Å². The second kappa shape index (κ2) is 10.5. The lowest BCUT2D eigenvalue weighted by Crippen LogP contribution is -2.47. The quantitative estimate of drug-likeness (QED) is 0.291. The summed E-state index contributed by atoms with van der Waals surface area (Å²) in [6.07, 6.45) is -1.42. The predicted octanol–water partition coefficient (Wildman–Crippen LogP) is 5.44. The van der Waals surface area contributed by atoms with Crippen molar-refractivity contribution < 1.29 is 36.2 Å². The third-order valence-corrected chi connectivity index (χ3v) is 9.68. The summed E-state index contributed by atoms with van der Waals surface area (Å²) in [6.45, 7) is -1.68. The zero-order valence-corrected chi connectivity index (χ0v) is 23.1. The Labute approximate surface area is 240 Å². The molecule has 1 saturated heterocycles. The highest BCUT2D eigenvalue weighted by atomic mass is 32.2. The van der Waals surface area contributed by atoms with Gasteiger partial charge in [-0.1, -0.05) is 24.3 Å². The molecule has 2 aliphatic heterocycles. The van der Waals surface area contributed by atoms with Gasteiger partial charge in [-0.2, -0.15) is 13.2 Å². The van der Waals surface area contributed by atoms with E-state index in [0.29, 0.717) is 21.2 Å². The van der Waals surface area contributed by atoms with Crippen LogP contribution in [-0.2, 0) is 14.8 Å². The van der Waals surface area contributed by atoms with Crippen molar-refractivity contribution in [1.82, 2.24) is 9.55 Å². The van der Waals surface area contributed by atoms with Crippen molar-refractivity contribution >= 4 is 26.9 Å². The molecule has 6 rings (SSSR count). The van der Waals surface area contributed by atoms with Gasteiger partial charge in [-0.25, -0.2) is 13.4 Å². The molecule has 12 heteroatoms. The number of imidazole rings is 1. The molecule has 2 bridgehead atoms. The minimum atomic E-state index is -4.79. The van der Waals surface area contributed by atoms with Gasteiger partial charge in [0.25, 0.3) is 0 Å². The molecule has 8 nitrogen and oxygen atoms in total. The number of hydrogen-bond acceptors (Lipinski definition) is 6. The normalized spacial score (nSPS) is 20.2. The highest BCUT2D eigenvalue weighted by molar-refractivity contribution is 7.93. The summed E-state index contributed by atoms with van der Waals surface area (Å²) < 4.78 is 83.0. The van der Waals surface area contributed by atoms with Crippen molar-refractivity contribution in [3.63, 3.8) is 0 Å². The molecule has 1 aromatic heterocycles. The fourth-order valence-corrected chi connectivity index (χ4v) is 7.63.